The largest absolute Gasteiger partial charge is 0.492 e. The number of ether oxygens (including phenoxy) is 1. The summed E-state index contributed by atoms with van der Waals surface area (Å²) in [5.74, 6) is 1.85. The van der Waals surface area contributed by atoms with Gasteiger partial charge in [-0.15, -0.1) is 0 Å². The molecule has 1 atom stereocenters. The fourth-order valence-corrected chi connectivity index (χ4v) is 1.60. The maximum Gasteiger partial charge on any atom is 0.119 e. The first-order valence-corrected chi connectivity index (χ1v) is 6.19. The molecule has 2 rings (SSSR count). The summed E-state index contributed by atoms with van der Waals surface area (Å²) in [5, 5.41) is 3.35. The van der Waals surface area contributed by atoms with Crippen LogP contribution < -0.4 is 10.1 Å². The topological polar surface area (TPSA) is 34.4 Å². The molecule has 0 saturated heterocycles. The summed E-state index contributed by atoms with van der Waals surface area (Å²) < 4.78 is 11.0. The molecule has 0 aliphatic carbocycles. The van der Waals surface area contributed by atoms with Crippen LogP contribution in [0, 0.1) is 6.92 Å². The van der Waals surface area contributed by atoms with E-state index in [-0.39, 0.29) is 6.04 Å². The van der Waals surface area contributed by atoms with Gasteiger partial charge in [-0.3, -0.25) is 0 Å². The van der Waals surface area contributed by atoms with E-state index in [1.54, 1.807) is 6.26 Å². The zero-order valence-corrected chi connectivity index (χ0v) is 10.8. The third kappa shape index (κ3) is 3.93. The Hall–Kier alpha value is -1.74. The smallest absolute Gasteiger partial charge is 0.119 e. The number of furan rings is 1. The molecule has 0 fully saturated rings. The van der Waals surface area contributed by atoms with Crippen LogP contribution in [0.5, 0.6) is 5.75 Å². The van der Waals surface area contributed by atoms with Crippen LogP contribution in [0.15, 0.2) is 47.1 Å². The van der Waals surface area contributed by atoms with Crippen molar-refractivity contribution in [1.82, 2.24) is 5.32 Å². The zero-order chi connectivity index (χ0) is 12.8. The average molecular weight is 245 g/mol. The number of nitrogens with one attached hydrogen (secondary N) is 1. The first-order valence-electron chi connectivity index (χ1n) is 6.19. The summed E-state index contributed by atoms with van der Waals surface area (Å²) in [7, 11) is 0. The molecular formula is C15H19NO2. The normalized spacial score (nSPS) is 12.3. The van der Waals surface area contributed by atoms with Gasteiger partial charge >= 0.3 is 0 Å². The van der Waals surface area contributed by atoms with Crippen LogP contribution in [-0.4, -0.2) is 12.6 Å². The molecule has 3 heteroatoms. The van der Waals surface area contributed by atoms with Crippen LogP contribution in [0.2, 0.25) is 0 Å². The van der Waals surface area contributed by atoms with Crippen molar-refractivity contribution in [3.8, 4) is 5.75 Å². The molecule has 0 radical (unpaired) electrons. The monoisotopic (exact) mass is 245 g/mol. The minimum absolute atomic E-state index is 0.274. The Labute approximate surface area is 108 Å². The molecule has 1 heterocycles. The molecule has 1 unspecified atom stereocenters. The Morgan fingerprint density at radius 2 is 2.00 bits per heavy atom. The number of hydrogen-bond donors (Lipinski definition) is 1. The molecule has 2 aromatic rings. The van der Waals surface area contributed by atoms with Crippen LogP contribution in [0.1, 0.15) is 18.2 Å². The predicted molar refractivity (Wildman–Crippen MR) is 71.7 cm³/mol. The third-order valence-electron chi connectivity index (χ3n) is 2.73. The average Bonchev–Trinajstić information content (AvgIpc) is 2.89. The molecule has 96 valence electrons. The SMILES string of the molecule is Cc1ccc(OCC(C)NCc2ccco2)cc1. The summed E-state index contributed by atoms with van der Waals surface area (Å²) in [4.78, 5) is 0. The van der Waals surface area contributed by atoms with Crippen LogP contribution in [-0.2, 0) is 6.54 Å². The van der Waals surface area contributed by atoms with E-state index in [9.17, 15) is 0 Å². The van der Waals surface area contributed by atoms with E-state index in [0.29, 0.717) is 6.61 Å². The van der Waals surface area contributed by atoms with E-state index in [1.807, 2.05) is 24.3 Å². The van der Waals surface area contributed by atoms with E-state index in [0.717, 1.165) is 18.1 Å². The minimum Gasteiger partial charge on any atom is -0.492 e. The van der Waals surface area contributed by atoms with Gasteiger partial charge in [-0.25, -0.2) is 0 Å². The van der Waals surface area contributed by atoms with Crippen molar-refractivity contribution in [1.29, 1.82) is 0 Å². The fourth-order valence-electron chi connectivity index (χ4n) is 1.60. The lowest BCUT2D eigenvalue weighted by Crippen LogP contribution is -2.31. The summed E-state index contributed by atoms with van der Waals surface area (Å²) >= 11 is 0. The van der Waals surface area contributed by atoms with Gasteiger partial charge in [0, 0.05) is 6.04 Å². The van der Waals surface area contributed by atoms with Crippen LogP contribution >= 0.6 is 0 Å². The van der Waals surface area contributed by atoms with Crippen molar-refractivity contribution < 1.29 is 9.15 Å². The second kappa shape index (κ2) is 6.26. The number of benzene rings is 1. The van der Waals surface area contributed by atoms with Gasteiger partial charge in [-0.05, 0) is 38.1 Å². The standard InChI is InChI=1S/C15H19NO2/c1-12-5-7-14(8-6-12)18-11-13(2)16-10-15-4-3-9-17-15/h3-9,13,16H,10-11H2,1-2H3. The Bertz CT molecular complexity index is 448. The lowest BCUT2D eigenvalue weighted by molar-refractivity contribution is 0.269. The van der Waals surface area contributed by atoms with Crippen molar-refractivity contribution in [2.24, 2.45) is 0 Å². The first kappa shape index (κ1) is 12.7. The Kier molecular flexibility index (Phi) is 4.42. The molecule has 0 aliphatic rings. The maximum absolute atomic E-state index is 5.70. The quantitative estimate of drug-likeness (QED) is 0.849. The molecular weight excluding hydrogens is 226 g/mol. The van der Waals surface area contributed by atoms with E-state index < -0.39 is 0 Å². The fraction of sp³-hybridized carbons (Fsp3) is 0.333. The van der Waals surface area contributed by atoms with E-state index in [4.69, 9.17) is 9.15 Å². The number of rotatable bonds is 6. The van der Waals surface area contributed by atoms with Gasteiger partial charge in [0.25, 0.3) is 0 Å². The Morgan fingerprint density at radius 3 is 2.67 bits per heavy atom. The molecule has 1 aromatic carbocycles. The van der Waals surface area contributed by atoms with E-state index >= 15 is 0 Å². The second-order valence-corrected chi connectivity index (χ2v) is 4.49. The highest BCUT2D eigenvalue weighted by Crippen LogP contribution is 2.11. The lowest BCUT2D eigenvalue weighted by atomic mass is 10.2. The summed E-state index contributed by atoms with van der Waals surface area (Å²) in [5.41, 5.74) is 1.24. The van der Waals surface area contributed by atoms with Gasteiger partial charge < -0.3 is 14.5 Å². The summed E-state index contributed by atoms with van der Waals surface area (Å²) in [6.07, 6.45) is 1.69. The maximum atomic E-state index is 5.70. The molecule has 0 saturated carbocycles. The van der Waals surface area contributed by atoms with Crippen molar-refractivity contribution in [2.75, 3.05) is 6.61 Å². The molecule has 3 nitrogen and oxygen atoms in total. The lowest BCUT2D eigenvalue weighted by Gasteiger charge is -2.14. The van der Waals surface area contributed by atoms with Gasteiger partial charge in [-0.1, -0.05) is 17.7 Å². The summed E-state index contributed by atoms with van der Waals surface area (Å²) in [6, 6.07) is 12.2. The molecule has 0 aliphatic heterocycles. The highest BCUT2D eigenvalue weighted by atomic mass is 16.5. The first-order chi connectivity index (χ1) is 8.74. The van der Waals surface area contributed by atoms with Gasteiger partial charge in [0.1, 0.15) is 18.1 Å². The Morgan fingerprint density at radius 1 is 1.22 bits per heavy atom. The zero-order valence-electron chi connectivity index (χ0n) is 10.8. The van der Waals surface area contributed by atoms with Crippen molar-refractivity contribution >= 4 is 0 Å². The van der Waals surface area contributed by atoms with Crippen LogP contribution in [0.4, 0.5) is 0 Å². The molecule has 0 amide bonds. The van der Waals surface area contributed by atoms with Gasteiger partial charge in [0.15, 0.2) is 0 Å². The third-order valence-corrected chi connectivity index (χ3v) is 2.73. The minimum atomic E-state index is 0.274. The predicted octanol–water partition coefficient (Wildman–Crippen LogP) is 3.15. The van der Waals surface area contributed by atoms with E-state index in [2.05, 4.69) is 31.3 Å². The molecule has 1 N–H and O–H groups in total. The molecule has 1 aromatic heterocycles. The van der Waals surface area contributed by atoms with Crippen LogP contribution in [0.25, 0.3) is 0 Å². The number of aryl methyl sites for hydroxylation is 1. The molecule has 0 spiro atoms. The van der Waals surface area contributed by atoms with E-state index in [1.165, 1.54) is 5.56 Å². The van der Waals surface area contributed by atoms with Crippen molar-refractivity contribution in [2.45, 2.75) is 26.4 Å². The van der Waals surface area contributed by atoms with Crippen LogP contribution in [0.3, 0.4) is 0 Å². The highest BCUT2D eigenvalue weighted by molar-refractivity contribution is 5.26. The van der Waals surface area contributed by atoms with Gasteiger partial charge in [0.05, 0.1) is 12.8 Å². The Balaban J connectivity index is 1.71. The second-order valence-electron chi connectivity index (χ2n) is 4.49. The number of hydrogen-bond acceptors (Lipinski definition) is 3. The van der Waals surface area contributed by atoms with Crippen molar-refractivity contribution in [3.63, 3.8) is 0 Å². The summed E-state index contributed by atoms with van der Waals surface area (Å²) in [6.45, 7) is 5.53. The van der Waals surface area contributed by atoms with Crippen molar-refractivity contribution in [3.05, 3.63) is 54.0 Å². The van der Waals surface area contributed by atoms with Gasteiger partial charge in [-0.2, -0.15) is 0 Å². The van der Waals surface area contributed by atoms with Gasteiger partial charge in [0.2, 0.25) is 0 Å². The highest BCUT2D eigenvalue weighted by Gasteiger charge is 2.03. The molecule has 18 heavy (non-hydrogen) atoms. The molecule has 0 bridgehead atoms.